The first-order valence-corrected chi connectivity index (χ1v) is 11.4. The van der Waals surface area contributed by atoms with Crippen LogP contribution >= 0.6 is 0 Å². The Kier molecular flexibility index (Phi) is 6.28. The molecule has 2 heterocycles. The topological polar surface area (TPSA) is 89.4 Å². The van der Waals surface area contributed by atoms with Crippen molar-refractivity contribution in [2.45, 2.75) is 45.4 Å². The molecule has 2 N–H and O–H groups in total. The van der Waals surface area contributed by atoms with Gasteiger partial charge in [-0.2, -0.15) is 0 Å². The molecule has 1 unspecified atom stereocenters. The molecule has 1 aliphatic heterocycles. The molecule has 2 aromatic carbocycles. The quantitative estimate of drug-likeness (QED) is 0.534. The number of carbonyl (C=O) groups is 3. The van der Waals surface area contributed by atoms with Crippen LogP contribution in [0.4, 0.5) is 5.69 Å². The maximum atomic E-state index is 13.1. The van der Waals surface area contributed by atoms with Gasteiger partial charge in [-0.1, -0.05) is 19.1 Å². The molecule has 34 heavy (non-hydrogen) atoms. The first-order chi connectivity index (χ1) is 16.3. The number of hydrogen-bond donors (Lipinski definition) is 2. The van der Waals surface area contributed by atoms with E-state index in [1.807, 2.05) is 67.8 Å². The lowest BCUT2D eigenvalue weighted by Gasteiger charge is -2.35. The highest BCUT2D eigenvalue weighted by Gasteiger charge is 2.42. The molecule has 4 rings (SSSR count). The van der Waals surface area contributed by atoms with E-state index in [0.717, 1.165) is 28.4 Å². The molecule has 0 radical (unpaired) electrons. The number of nitrogens with zero attached hydrogens (tertiary/aromatic N) is 1. The summed E-state index contributed by atoms with van der Waals surface area (Å²) in [5.74, 6) is 0.0841. The van der Waals surface area contributed by atoms with Gasteiger partial charge in [0, 0.05) is 29.2 Å². The number of amides is 3. The van der Waals surface area contributed by atoms with Crippen molar-refractivity contribution in [2.24, 2.45) is 0 Å². The number of carbonyl (C=O) groups excluding carboxylic acids is 3. The number of rotatable bonds is 6. The minimum atomic E-state index is -0.722. The first-order valence-electron chi connectivity index (χ1n) is 11.4. The van der Waals surface area contributed by atoms with Gasteiger partial charge < -0.3 is 14.6 Å². The summed E-state index contributed by atoms with van der Waals surface area (Å²) in [6.07, 6.45) is 1.40. The number of anilines is 1. The van der Waals surface area contributed by atoms with Gasteiger partial charge in [0.05, 0.1) is 18.1 Å². The first kappa shape index (κ1) is 23.3. The maximum absolute atomic E-state index is 13.1. The van der Waals surface area contributed by atoms with Crippen LogP contribution in [-0.4, -0.2) is 29.4 Å². The summed E-state index contributed by atoms with van der Waals surface area (Å²) < 4.78 is 7.27. The van der Waals surface area contributed by atoms with Gasteiger partial charge in [-0.15, -0.1) is 0 Å². The van der Waals surface area contributed by atoms with Crippen LogP contribution in [0.25, 0.3) is 5.69 Å². The Morgan fingerprint density at radius 3 is 2.35 bits per heavy atom. The standard InChI is InChI=1S/C27H29N3O4/c1-5-27(15-14-24(31)29-26(27)33)19-6-8-20(9-7-19)28-25(32)23-16-17(2)30(18(23)3)21-10-12-22(34-4)13-11-21/h6-13,16H,5,14-15H2,1-4H3,(H,28,32)(H,29,31,33). The zero-order valence-corrected chi connectivity index (χ0v) is 19.9. The maximum Gasteiger partial charge on any atom is 0.257 e. The molecule has 3 aromatic rings. The van der Waals surface area contributed by atoms with Gasteiger partial charge in [-0.25, -0.2) is 0 Å². The van der Waals surface area contributed by atoms with E-state index in [0.29, 0.717) is 30.5 Å². The van der Waals surface area contributed by atoms with Crippen molar-refractivity contribution in [3.63, 3.8) is 0 Å². The monoisotopic (exact) mass is 459 g/mol. The number of piperidine rings is 1. The number of imide groups is 1. The summed E-state index contributed by atoms with van der Waals surface area (Å²) in [6, 6.07) is 16.9. The third kappa shape index (κ3) is 4.09. The van der Waals surface area contributed by atoms with E-state index in [4.69, 9.17) is 4.74 Å². The molecule has 7 nitrogen and oxygen atoms in total. The van der Waals surface area contributed by atoms with E-state index >= 15 is 0 Å². The number of nitrogens with one attached hydrogen (secondary N) is 2. The van der Waals surface area contributed by atoms with E-state index < -0.39 is 5.41 Å². The molecule has 1 atom stereocenters. The Balaban J connectivity index is 1.54. The van der Waals surface area contributed by atoms with Gasteiger partial charge in [0.2, 0.25) is 11.8 Å². The molecule has 0 spiro atoms. The average Bonchev–Trinajstić information content (AvgIpc) is 3.14. The van der Waals surface area contributed by atoms with E-state index in [2.05, 4.69) is 10.6 Å². The molecular formula is C27H29N3O4. The summed E-state index contributed by atoms with van der Waals surface area (Å²) in [6.45, 7) is 5.83. The molecule has 3 amide bonds. The van der Waals surface area contributed by atoms with Crippen LogP contribution in [0.5, 0.6) is 5.75 Å². The van der Waals surface area contributed by atoms with Crippen LogP contribution in [0.2, 0.25) is 0 Å². The lowest BCUT2D eigenvalue weighted by molar-refractivity contribution is -0.138. The molecule has 1 aromatic heterocycles. The van der Waals surface area contributed by atoms with Crippen molar-refractivity contribution >= 4 is 23.4 Å². The van der Waals surface area contributed by atoms with E-state index in [1.54, 1.807) is 19.2 Å². The van der Waals surface area contributed by atoms with E-state index in [1.165, 1.54) is 0 Å². The molecule has 1 saturated heterocycles. The number of methoxy groups -OCH3 is 1. The molecule has 176 valence electrons. The van der Waals surface area contributed by atoms with Gasteiger partial charge >= 0.3 is 0 Å². The predicted molar refractivity (Wildman–Crippen MR) is 131 cm³/mol. The Morgan fingerprint density at radius 1 is 1.09 bits per heavy atom. The van der Waals surface area contributed by atoms with E-state index in [-0.39, 0.29) is 17.7 Å². The zero-order valence-electron chi connectivity index (χ0n) is 19.9. The summed E-state index contributed by atoms with van der Waals surface area (Å²) in [5.41, 5.74) is 4.09. The highest BCUT2D eigenvalue weighted by molar-refractivity contribution is 6.06. The molecule has 0 saturated carbocycles. The van der Waals surface area contributed by atoms with Crippen LogP contribution in [0.15, 0.2) is 54.6 Å². The van der Waals surface area contributed by atoms with Crippen molar-refractivity contribution in [3.8, 4) is 11.4 Å². The molecule has 0 bridgehead atoms. The number of benzene rings is 2. The van der Waals surface area contributed by atoms with Gasteiger partial charge in [0.25, 0.3) is 5.91 Å². The Labute approximate surface area is 199 Å². The fourth-order valence-electron chi connectivity index (χ4n) is 4.76. The van der Waals surface area contributed by atoms with Gasteiger partial charge in [0.15, 0.2) is 0 Å². The summed E-state index contributed by atoms with van der Waals surface area (Å²) >= 11 is 0. The Hall–Kier alpha value is -3.87. The van der Waals surface area contributed by atoms with Crippen LogP contribution in [0.1, 0.15) is 53.5 Å². The van der Waals surface area contributed by atoms with Crippen molar-refractivity contribution in [1.82, 2.24) is 9.88 Å². The number of aryl methyl sites for hydroxylation is 1. The number of aromatic nitrogens is 1. The average molecular weight is 460 g/mol. The lowest BCUT2D eigenvalue weighted by atomic mass is 9.72. The van der Waals surface area contributed by atoms with Crippen LogP contribution < -0.4 is 15.4 Å². The largest absolute Gasteiger partial charge is 0.497 e. The van der Waals surface area contributed by atoms with Crippen LogP contribution in [-0.2, 0) is 15.0 Å². The van der Waals surface area contributed by atoms with Crippen LogP contribution in [0.3, 0.4) is 0 Å². The SMILES string of the molecule is CCC1(c2ccc(NC(=O)c3cc(C)n(-c4ccc(OC)cc4)c3C)cc2)CCC(=O)NC1=O. The molecule has 1 aliphatic rings. The Morgan fingerprint density at radius 2 is 1.76 bits per heavy atom. The van der Waals surface area contributed by atoms with Crippen molar-refractivity contribution in [3.05, 3.63) is 77.1 Å². The molecule has 1 fully saturated rings. The minimum absolute atomic E-state index is 0.202. The highest BCUT2D eigenvalue weighted by Crippen LogP contribution is 2.36. The zero-order chi connectivity index (χ0) is 24.5. The predicted octanol–water partition coefficient (Wildman–Crippen LogP) is 4.44. The fourth-order valence-corrected chi connectivity index (χ4v) is 4.76. The smallest absolute Gasteiger partial charge is 0.257 e. The summed E-state index contributed by atoms with van der Waals surface area (Å²) in [4.78, 5) is 37.3. The van der Waals surface area contributed by atoms with Crippen molar-refractivity contribution in [2.75, 3.05) is 12.4 Å². The second-order valence-electron chi connectivity index (χ2n) is 8.66. The second kappa shape index (κ2) is 9.17. The summed E-state index contributed by atoms with van der Waals surface area (Å²) in [7, 11) is 1.63. The normalized spacial score (nSPS) is 17.9. The fraction of sp³-hybridized carbons (Fsp3) is 0.296. The minimum Gasteiger partial charge on any atom is -0.497 e. The van der Waals surface area contributed by atoms with Crippen molar-refractivity contribution < 1.29 is 19.1 Å². The van der Waals surface area contributed by atoms with Gasteiger partial charge in [0.1, 0.15) is 5.75 Å². The molecular weight excluding hydrogens is 430 g/mol. The third-order valence-electron chi connectivity index (χ3n) is 6.77. The van der Waals surface area contributed by atoms with Crippen LogP contribution in [0, 0.1) is 13.8 Å². The molecule has 7 heteroatoms. The number of ether oxygens (including phenoxy) is 1. The highest BCUT2D eigenvalue weighted by atomic mass is 16.5. The third-order valence-corrected chi connectivity index (χ3v) is 6.77. The Bertz CT molecular complexity index is 1240. The van der Waals surface area contributed by atoms with Gasteiger partial charge in [-0.3, -0.25) is 19.7 Å². The molecule has 0 aliphatic carbocycles. The lowest BCUT2D eigenvalue weighted by Crippen LogP contribution is -2.51. The number of hydrogen-bond acceptors (Lipinski definition) is 4. The van der Waals surface area contributed by atoms with E-state index in [9.17, 15) is 14.4 Å². The second-order valence-corrected chi connectivity index (χ2v) is 8.66. The van der Waals surface area contributed by atoms with Crippen molar-refractivity contribution in [1.29, 1.82) is 0 Å². The summed E-state index contributed by atoms with van der Waals surface area (Å²) in [5, 5.41) is 5.43. The van der Waals surface area contributed by atoms with Gasteiger partial charge in [-0.05, 0) is 74.7 Å².